The summed E-state index contributed by atoms with van der Waals surface area (Å²) in [5, 5.41) is 8.94. The quantitative estimate of drug-likeness (QED) is 0.863. The fraction of sp³-hybridized carbons (Fsp3) is 0.500. The lowest BCUT2D eigenvalue weighted by atomic mass is 10.1. The van der Waals surface area contributed by atoms with E-state index in [0.29, 0.717) is 24.9 Å². The van der Waals surface area contributed by atoms with Gasteiger partial charge < -0.3 is 9.15 Å². The first-order chi connectivity index (χ1) is 10.6. The van der Waals surface area contributed by atoms with Crippen molar-refractivity contribution in [2.45, 2.75) is 32.4 Å². The molecule has 1 aliphatic heterocycles. The zero-order valence-electron chi connectivity index (χ0n) is 12.8. The highest BCUT2D eigenvalue weighted by Crippen LogP contribution is 2.28. The largest absolute Gasteiger partial charge is 0.424 e. The summed E-state index contributed by atoms with van der Waals surface area (Å²) >= 11 is 6.26. The maximum absolute atomic E-state index is 6.26. The minimum absolute atomic E-state index is 0.0186. The Hall–Kier alpha value is -1.43. The molecule has 0 amide bonds. The molecule has 0 saturated carbocycles. The Morgan fingerprint density at radius 2 is 2.14 bits per heavy atom. The van der Waals surface area contributed by atoms with Gasteiger partial charge in [0.1, 0.15) is 0 Å². The zero-order chi connectivity index (χ0) is 15.5. The van der Waals surface area contributed by atoms with Gasteiger partial charge in [-0.3, -0.25) is 4.90 Å². The number of hydrogen-bond acceptors (Lipinski definition) is 5. The van der Waals surface area contributed by atoms with Gasteiger partial charge in [-0.2, -0.15) is 0 Å². The Morgan fingerprint density at radius 3 is 2.86 bits per heavy atom. The van der Waals surface area contributed by atoms with Gasteiger partial charge in [-0.1, -0.05) is 43.6 Å². The second kappa shape index (κ2) is 6.77. The van der Waals surface area contributed by atoms with Crippen LogP contribution in [0, 0.1) is 0 Å². The third-order valence-corrected chi connectivity index (χ3v) is 4.08. The van der Waals surface area contributed by atoms with Crippen molar-refractivity contribution in [3.63, 3.8) is 0 Å². The van der Waals surface area contributed by atoms with Crippen LogP contribution in [0.1, 0.15) is 43.2 Å². The Labute approximate surface area is 135 Å². The van der Waals surface area contributed by atoms with Gasteiger partial charge >= 0.3 is 0 Å². The maximum atomic E-state index is 6.26. The number of benzene rings is 1. The summed E-state index contributed by atoms with van der Waals surface area (Å²) in [4.78, 5) is 2.26. The van der Waals surface area contributed by atoms with Gasteiger partial charge in [-0.25, -0.2) is 0 Å². The maximum Gasteiger partial charge on any atom is 0.230 e. The average molecular weight is 322 g/mol. The monoisotopic (exact) mass is 321 g/mol. The van der Waals surface area contributed by atoms with Crippen LogP contribution >= 0.6 is 11.6 Å². The molecule has 1 fully saturated rings. The van der Waals surface area contributed by atoms with Crippen LogP contribution in [-0.4, -0.2) is 34.8 Å². The molecule has 0 unspecified atom stereocenters. The summed E-state index contributed by atoms with van der Waals surface area (Å²) < 4.78 is 11.5. The number of rotatable bonds is 4. The molecule has 1 atom stereocenters. The first-order valence-corrected chi connectivity index (χ1v) is 7.92. The number of aromatic nitrogens is 2. The fourth-order valence-electron chi connectivity index (χ4n) is 2.53. The van der Waals surface area contributed by atoms with E-state index < -0.39 is 0 Å². The molecule has 1 saturated heterocycles. The van der Waals surface area contributed by atoms with E-state index in [1.54, 1.807) is 0 Å². The van der Waals surface area contributed by atoms with E-state index in [9.17, 15) is 0 Å². The lowest BCUT2D eigenvalue weighted by molar-refractivity contribution is -0.0352. The summed E-state index contributed by atoms with van der Waals surface area (Å²) in [6.07, 6.45) is -0.0186. The molecule has 0 aliphatic carbocycles. The van der Waals surface area contributed by atoms with E-state index in [2.05, 4.69) is 15.1 Å². The molecule has 5 nitrogen and oxygen atoms in total. The van der Waals surface area contributed by atoms with E-state index >= 15 is 0 Å². The van der Waals surface area contributed by atoms with Gasteiger partial charge in [0.05, 0.1) is 19.3 Å². The van der Waals surface area contributed by atoms with Crippen molar-refractivity contribution in [3.05, 3.63) is 46.6 Å². The molecule has 0 spiro atoms. The summed E-state index contributed by atoms with van der Waals surface area (Å²) in [6, 6.07) is 7.82. The Balaban J connectivity index is 1.66. The molecular weight excluding hydrogens is 302 g/mol. The number of ether oxygens (including phenoxy) is 1. The molecule has 3 rings (SSSR count). The van der Waals surface area contributed by atoms with Gasteiger partial charge in [0.2, 0.25) is 11.8 Å². The SMILES string of the molecule is CC(C)c1nnc(CN2CCO[C@H](c3ccccc3Cl)C2)o1. The van der Waals surface area contributed by atoms with Crippen LogP contribution < -0.4 is 0 Å². The molecule has 22 heavy (non-hydrogen) atoms. The summed E-state index contributed by atoms with van der Waals surface area (Å²) in [5.74, 6) is 1.59. The molecule has 0 N–H and O–H groups in total. The van der Waals surface area contributed by atoms with E-state index in [-0.39, 0.29) is 12.0 Å². The van der Waals surface area contributed by atoms with E-state index in [1.165, 1.54) is 0 Å². The molecule has 2 aromatic rings. The second-order valence-electron chi connectivity index (χ2n) is 5.80. The highest BCUT2D eigenvalue weighted by molar-refractivity contribution is 6.31. The van der Waals surface area contributed by atoms with E-state index in [4.69, 9.17) is 20.8 Å². The van der Waals surface area contributed by atoms with Crippen LogP contribution in [0.25, 0.3) is 0 Å². The first kappa shape index (κ1) is 15.5. The number of nitrogens with zero attached hydrogens (tertiary/aromatic N) is 3. The van der Waals surface area contributed by atoms with Gasteiger partial charge in [0.15, 0.2) is 0 Å². The van der Waals surface area contributed by atoms with Gasteiger partial charge in [-0.05, 0) is 6.07 Å². The predicted molar refractivity (Wildman–Crippen MR) is 83.8 cm³/mol. The summed E-state index contributed by atoms with van der Waals surface area (Å²) in [6.45, 7) is 7.01. The molecule has 1 aromatic heterocycles. The number of halogens is 1. The predicted octanol–water partition coefficient (Wildman–Crippen LogP) is 3.42. The van der Waals surface area contributed by atoms with Gasteiger partial charge in [0.25, 0.3) is 0 Å². The fourth-order valence-corrected chi connectivity index (χ4v) is 2.78. The number of hydrogen-bond donors (Lipinski definition) is 0. The van der Waals surface area contributed by atoms with Crippen LogP contribution in [0.15, 0.2) is 28.7 Å². The normalized spacial score (nSPS) is 19.7. The van der Waals surface area contributed by atoms with Crippen molar-refractivity contribution in [2.24, 2.45) is 0 Å². The molecule has 6 heteroatoms. The third-order valence-electron chi connectivity index (χ3n) is 3.74. The summed E-state index contributed by atoms with van der Waals surface area (Å²) in [7, 11) is 0. The highest BCUT2D eigenvalue weighted by atomic mass is 35.5. The zero-order valence-corrected chi connectivity index (χ0v) is 13.6. The van der Waals surface area contributed by atoms with Crippen molar-refractivity contribution in [3.8, 4) is 0 Å². The van der Waals surface area contributed by atoms with Gasteiger partial charge in [0, 0.05) is 29.6 Å². The Bertz CT molecular complexity index is 629. The lowest BCUT2D eigenvalue weighted by Gasteiger charge is -2.32. The van der Waals surface area contributed by atoms with Crippen molar-refractivity contribution in [1.82, 2.24) is 15.1 Å². The van der Waals surface area contributed by atoms with E-state index in [0.717, 1.165) is 23.7 Å². The molecule has 0 radical (unpaired) electrons. The summed E-state index contributed by atoms with van der Waals surface area (Å²) in [5.41, 5.74) is 1.03. The second-order valence-corrected chi connectivity index (χ2v) is 6.21. The van der Waals surface area contributed by atoms with Crippen LogP contribution in [0.3, 0.4) is 0 Å². The Kier molecular flexibility index (Phi) is 4.76. The van der Waals surface area contributed by atoms with Crippen LogP contribution in [0.4, 0.5) is 0 Å². The minimum Gasteiger partial charge on any atom is -0.424 e. The number of morpholine rings is 1. The smallest absolute Gasteiger partial charge is 0.230 e. The molecule has 2 heterocycles. The molecule has 0 bridgehead atoms. The van der Waals surface area contributed by atoms with Crippen LogP contribution in [0.5, 0.6) is 0 Å². The molecule has 118 valence electrons. The molecular formula is C16H20ClN3O2. The van der Waals surface area contributed by atoms with Crippen molar-refractivity contribution in [1.29, 1.82) is 0 Å². The first-order valence-electron chi connectivity index (χ1n) is 7.54. The topological polar surface area (TPSA) is 51.4 Å². The average Bonchev–Trinajstić information content (AvgIpc) is 2.97. The highest BCUT2D eigenvalue weighted by Gasteiger charge is 2.25. The lowest BCUT2D eigenvalue weighted by Crippen LogP contribution is -2.38. The van der Waals surface area contributed by atoms with Crippen LogP contribution in [0.2, 0.25) is 5.02 Å². The molecule has 1 aliphatic rings. The van der Waals surface area contributed by atoms with Crippen molar-refractivity contribution < 1.29 is 9.15 Å². The third kappa shape index (κ3) is 3.48. The Morgan fingerprint density at radius 1 is 1.32 bits per heavy atom. The minimum atomic E-state index is -0.0186. The molecule has 1 aromatic carbocycles. The van der Waals surface area contributed by atoms with Gasteiger partial charge in [-0.15, -0.1) is 10.2 Å². The van der Waals surface area contributed by atoms with Crippen molar-refractivity contribution >= 4 is 11.6 Å². The standard InChI is InChI=1S/C16H20ClN3O2/c1-11(2)16-19-18-15(22-16)10-20-7-8-21-14(9-20)12-5-3-4-6-13(12)17/h3-6,11,14H,7-10H2,1-2H3/t14-/m0/s1. The van der Waals surface area contributed by atoms with E-state index in [1.807, 2.05) is 38.1 Å². The van der Waals surface area contributed by atoms with Crippen LogP contribution in [-0.2, 0) is 11.3 Å². The van der Waals surface area contributed by atoms with Crippen molar-refractivity contribution in [2.75, 3.05) is 19.7 Å².